The van der Waals surface area contributed by atoms with Gasteiger partial charge in [0.05, 0.1) is 6.61 Å². The largest absolute Gasteiger partial charge is 0.395 e. The van der Waals surface area contributed by atoms with Crippen LogP contribution in [-0.4, -0.2) is 17.8 Å². The fraction of sp³-hybridized carbons (Fsp3) is 0.500. The van der Waals surface area contributed by atoms with E-state index in [9.17, 15) is 0 Å². The zero-order valence-corrected chi connectivity index (χ0v) is 10.0. The lowest BCUT2D eigenvalue weighted by atomic mass is 10.1. The van der Waals surface area contributed by atoms with Gasteiger partial charge < -0.3 is 10.4 Å². The van der Waals surface area contributed by atoms with Crippen molar-refractivity contribution in [1.82, 2.24) is 5.32 Å². The Hall–Kier alpha value is -0.570. The Morgan fingerprint density at radius 3 is 2.73 bits per heavy atom. The van der Waals surface area contributed by atoms with Crippen LogP contribution in [0.2, 0.25) is 5.02 Å². The van der Waals surface area contributed by atoms with Gasteiger partial charge in [-0.25, -0.2) is 0 Å². The van der Waals surface area contributed by atoms with Gasteiger partial charge in [-0.05, 0) is 30.5 Å². The third-order valence-corrected chi connectivity index (χ3v) is 2.95. The third kappa shape index (κ3) is 3.82. The van der Waals surface area contributed by atoms with Crippen molar-refractivity contribution >= 4 is 11.6 Å². The summed E-state index contributed by atoms with van der Waals surface area (Å²) in [7, 11) is 0. The van der Waals surface area contributed by atoms with Gasteiger partial charge in [-0.1, -0.05) is 30.7 Å². The van der Waals surface area contributed by atoms with Gasteiger partial charge in [0, 0.05) is 17.6 Å². The summed E-state index contributed by atoms with van der Waals surface area (Å²) in [5.41, 5.74) is 2.29. The number of benzene rings is 1. The predicted molar refractivity (Wildman–Crippen MR) is 64.2 cm³/mol. The summed E-state index contributed by atoms with van der Waals surface area (Å²) in [6.45, 7) is 5.01. The zero-order chi connectivity index (χ0) is 11.3. The second-order valence-corrected chi connectivity index (χ2v) is 4.16. The highest BCUT2D eigenvalue weighted by Crippen LogP contribution is 2.16. The molecule has 0 aromatic heterocycles. The molecule has 2 nitrogen and oxygen atoms in total. The molecule has 1 rings (SSSR count). The van der Waals surface area contributed by atoms with Crippen LogP contribution in [-0.2, 0) is 6.54 Å². The van der Waals surface area contributed by atoms with Crippen LogP contribution in [0.3, 0.4) is 0 Å². The van der Waals surface area contributed by atoms with E-state index in [1.807, 2.05) is 19.1 Å². The van der Waals surface area contributed by atoms with Crippen LogP contribution < -0.4 is 5.32 Å². The molecule has 1 unspecified atom stereocenters. The van der Waals surface area contributed by atoms with E-state index >= 15 is 0 Å². The number of hydrogen-bond acceptors (Lipinski definition) is 2. The van der Waals surface area contributed by atoms with Crippen LogP contribution in [0.15, 0.2) is 18.2 Å². The Balaban J connectivity index is 2.54. The maximum absolute atomic E-state index is 9.02. The molecule has 0 radical (unpaired) electrons. The van der Waals surface area contributed by atoms with Crippen LogP contribution in [0.1, 0.15) is 24.5 Å². The fourth-order valence-corrected chi connectivity index (χ4v) is 1.53. The van der Waals surface area contributed by atoms with Gasteiger partial charge in [-0.3, -0.25) is 0 Å². The number of halogens is 1. The number of hydrogen-bond donors (Lipinski definition) is 2. The summed E-state index contributed by atoms with van der Waals surface area (Å²) in [5.74, 6) is 0. The van der Waals surface area contributed by atoms with E-state index in [2.05, 4.69) is 18.3 Å². The minimum atomic E-state index is 0.181. The maximum Gasteiger partial charge on any atom is 0.0584 e. The van der Waals surface area contributed by atoms with Crippen LogP contribution in [0.25, 0.3) is 0 Å². The second kappa shape index (κ2) is 6.11. The number of nitrogens with one attached hydrogen (secondary N) is 1. The number of aliphatic hydroxyl groups excluding tert-OH is 1. The molecular weight excluding hydrogens is 210 g/mol. The smallest absolute Gasteiger partial charge is 0.0584 e. The summed E-state index contributed by atoms with van der Waals surface area (Å²) in [4.78, 5) is 0. The Morgan fingerprint density at radius 1 is 1.47 bits per heavy atom. The number of aliphatic hydroxyl groups is 1. The molecule has 0 aliphatic heterocycles. The van der Waals surface area contributed by atoms with Crippen LogP contribution >= 0.6 is 11.6 Å². The summed E-state index contributed by atoms with van der Waals surface area (Å²) in [6, 6.07) is 6.17. The predicted octanol–water partition coefficient (Wildman–Crippen LogP) is 2.51. The zero-order valence-electron chi connectivity index (χ0n) is 9.26. The molecule has 0 saturated heterocycles. The highest BCUT2D eigenvalue weighted by molar-refractivity contribution is 6.31. The molecule has 1 aromatic carbocycles. The third-order valence-electron chi connectivity index (χ3n) is 2.53. The Bertz CT molecular complexity index is 310. The molecule has 0 bridgehead atoms. The van der Waals surface area contributed by atoms with Crippen molar-refractivity contribution in [3.63, 3.8) is 0 Å². The first-order chi connectivity index (χ1) is 7.17. The standard InChI is InChI=1S/C12H18ClNO/c1-3-11(8-15)14-7-10-4-5-12(13)9(2)6-10/h4-6,11,14-15H,3,7-8H2,1-2H3. The lowest BCUT2D eigenvalue weighted by molar-refractivity contribution is 0.238. The molecule has 0 spiro atoms. The number of aryl methyl sites for hydroxylation is 1. The minimum absolute atomic E-state index is 0.181. The second-order valence-electron chi connectivity index (χ2n) is 3.75. The Labute approximate surface area is 96.3 Å². The first-order valence-corrected chi connectivity index (χ1v) is 5.64. The molecule has 1 atom stereocenters. The van der Waals surface area contributed by atoms with Gasteiger partial charge in [0.15, 0.2) is 0 Å². The molecule has 3 heteroatoms. The van der Waals surface area contributed by atoms with E-state index < -0.39 is 0 Å². The van der Waals surface area contributed by atoms with Crippen LogP contribution in [0.5, 0.6) is 0 Å². The van der Waals surface area contributed by atoms with Gasteiger partial charge in [0.1, 0.15) is 0 Å². The molecule has 0 saturated carbocycles. The monoisotopic (exact) mass is 227 g/mol. The SMILES string of the molecule is CCC(CO)NCc1ccc(Cl)c(C)c1. The summed E-state index contributed by atoms with van der Waals surface area (Å²) < 4.78 is 0. The van der Waals surface area contributed by atoms with E-state index in [4.69, 9.17) is 16.7 Å². The minimum Gasteiger partial charge on any atom is -0.395 e. The average Bonchev–Trinajstić information content (AvgIpc) is 2.24. The normalized spacial score (nSPS) is 12.8. The van der Waals surface area contributed by atoms with E-state index in [-0.39, 0.29) is 12.6 Å². The first-order valence-electron chi connectivity index (χ1n) is 5.26. The summed E-state index contributed by atoms with van der Waals surface area (Å²) in [5, 5.41) is 13.1. The fourth-order valence-electron chi connectivity index (χ4n) is 1.42. The van der Waals surface area contributed by atoms with Crippen LogP contribution in [0.4, 0.5) is 0 Å². The number of rotatable bonds is 5. The molecule has 0 aliphatic rings. The van der Waals surface area contributed by atoms with Crippen molar-refractivity contribution in [3.8, 4) is 0 Å². The Morgan fingerprint density at radius 2 is 2.20 bits per heavy atom. The van der Waals surface area contributed by atoms with Crippen molar-refractivity contribution in [2.24, 2.45) is 0 Å². The molecule has 0 heterocycles. The van der Waals surface area contributed by atoms with E-state index in [0.29, 0.717) is 0 Å². The average molecular weight is 228 g/mol. The highest BCUT2D eigenvalue weighted by atomic mass is 35.5. The molecular formula is C12H18ClNO. The molecule has 1 aromatic rings. The quantitative estimate of drug-likeness (QED) is 0.810. The lowest BCUT2D eigenvalue weighted by Crippen LogP contribution is -2.31. The molecule has 0 aliphatic carbocycles. The van der Waals surface area contributed by atoms with Crippen molar-refractivity contribution in [1.29, 1.82) is 0 Å². The van der Waals surface area contributed by atoms with Gasteiger partial charge in [0.25, 0.3) is 0 Å². The summed E-state index contributed by atoms with van der Waals surface area (Å²) in [6.07, 6.45) is 0.934. The lowest BCUT2D eigenvalue weighted by Gasteiger charge is -2.14. The van der Waals surface area contributed by atoms with Crippen molar-refractivity contribution < 1.29 is 5.11 Å². The van der Waals surface area contributed by atoms with Crippen LogP contribution in [0, 0.1) is 6.92 Å². The van der Waals surface area contributed by atoms with Gasteiger partial charge >= 0.3 is 0 Å². The molecule has 2 N–H and O–H groups in total. The first kappa shape index (κ1) is 12.5. The molecule has 15 heavy (non-hydrogen) atoms. The molecule has 0 amide bonds. The van der Waals surface area contributed by atoms with E-state index in [1.54, 1.807) is 0 Å². The molecule has 0 fully saturated rings. The highest BCUT2D eigenvalue weighted by Gasteiger charge is 2.03. The maximum atomic E-state index is 9.02. The molecule has 84 valence electrons. The van der Waals surface area contributed by atoms with Crippen molar-refractivity contribution in [3.05, 3.63) is 34.3 Å². The summed E-state index contributed by atoms with van der Waals surface area (Å²) >= 11 is 5.94. The van der Waals surface area contributed by atoms with Gasteiger partial charge in [-0.2, -0.15) is 0 Å². The topological polar surface area (TPSA) is 32.3 Å². The van der Waals surface area contributed by atoms with Gasteiger partial charge in [-0.15, -0.1) is 0 Å². The Kier molecular flexibility index (Phi) is 5.09. The van der Waals surface area contributed by atoms with Crippen molar-refractivity contribution in [2.45, 2.75) is 32.9 Å². The van der Waals surface area contributed by atoms with E-state index in [0.717, 1.165) is 23.6 Å². The van der Waals surface area contributed by atoms with E-state index in [1.165, 1.54) is 5.56 Å². The van der Waals surface area contributed by atoms with Gasteiger partial charge in [0.2, 0.25) is 0 Å². The van der Waals surface area contributed by atoms with Crippen molar-refractivity contribution in [2.75, 3.05) is 6.61 Å².